The zero-order chi connectivity index (χ0) is 15.2. The number of anilines is 2. The highest BCUT2D eigenvalue weighted by Crippen LogP contribution is 2.16. The molecule has 0 saturated heterocycles. The van der Waals surface area contributed by atoms with Gasteiger partial charge < -0.3 is 15.8 Å². The number of aryl methyl sites for hydroxylation is 1. The van der Waals surface area contributed by atoms with Crippen molar-refractivity contribution in [3.05, 3.63) is 33.9 Å². The molecule has 0 radical (unpaired) electrons. The quantitative estimate of drug-likeness (QED) is 0.796. The van der Waals surface area contributed by atoms with Crippen LogP contribution in [0.3, 0.4) is 0 Å². The number of nitrogens with one attached hydrogen (secondary N) is 1. The molecule has 2 aromatic heterocycles. The summed E-state index contributed by atoms with van der Waals surface area (Å²) in [5, 5.41) is 6.25. The number of ether oxygens (including phenoxy) is 1. The monoisotopic (exact) mass is 306 g/mol. The van der Waals surface area contributed by atoms with E-state index >= 15 is 0 Å². The number of aromatic nitrogens is 2. The van der Waals surface area contributed by atoms with Gasteiger partial charge in [-0.3, -0.25) is 0 Å². The molecular formula is C14H18N4O2S. The van der Waals surface area contributed by atoms with Crippen LogP contribution in [-0.4, -0.2) is 29.1 Å². The summed E-state index contributed by atoms with van der Waals surface area (Å²) < 4.78 is 4.96. The summed E-state index contributed by atoms with van der Waals surface area (Å²) >= 11 is 1.63. The minimum atomic E-state index is -0.435. The van der Waals surface area contributed by atoms with E-state index in [2.05, 4.69) is 15.3 Å². The average molecular weight is 306 g/mol. The van der Waals surface area contributed by atoms with Crippen molar-refractivity contribution in [2.45, 2.75) is 20.3 Å². The minimum Gasteiger partial charge on any atom is -0.462 e. The molecule has 0 fully saturated rings. The fourth-order valence-corrected chi connectivity index (χ4v) is 2.44. The van der Waals surface area contributed by atoms with Gasteiger partial charge in [-0.05, 0) is 19.9 Å². The molecule has 0 aliphatic heterocycles. The molecule has 0 bridgehead atoms. The number of hydrogen-bond donors (Lipinski definition) is 2. The Labute approximate surface area is 127 Å². The Morgan fingerprint density at radius 1 is 1.52 bits per heavy atom. The second-order valence-electron chi connectivity index (χ2n) is 4.41. The lowest BCUT2D eigenvalue weighted by Gasteiger charge is -2.08. The van der Waals surface area contributed by atoms with Gasteiger partial charge in [-0.15, -0.1) is 11.3 Å². The van der Waals surface area contributed by atoms with Crippen LogP contribution in [0.1, 0.15) is 28.0 Å². The maximum Gasteiger partial charge on any atom is 0.340 e. The Morgan fingerprint density at radius 2 is 2.33 bits per heavy atom. The van der Waals surface area contributed by atoms with Crippen LogP contribution in [0.4, 0.5) is 11.5 Å². The van der Waals surface area contributed by atoms with E-state index < -0.39 is 5.97 Å². The van der Waals surface area contributed by atoms with Gasteiger partial charge in [-0.2, -0.15) is 0 Å². The van der Waals surface area contributed by atoms with Gasteiger partial charge in [0.15, 0.2) is 0 Å². The van der Waals surface area contributed by atoms with Crippen LogP contribution < -0.4 is 11.1 Å². The molecule has 0 unspecified atom stereocenters. The summed E-state index contributed by atoms with van der Waals surface area (Å²) in [6, 6.07) is 1.61. The van der Waals surface area contributed by atoms with Gasteiger partial charge >= 0.3 is 5.97 Å². The topological polar surface area (TPSA) is 90.1 Å². The van der Waals surface area contributed by atoms with Crippen molar-refractivity contribution in [3.63, 3.8) is 0 Å². The van der Waals surface area contributed by atoms with Crippen molar-refractivity contribution in [2.24, 2.45) is 0 Å². The molecule has 3 N–H and O–H groups in total. The molecule has 2 aromatic rings. The third-order valence-corrected chi connectivity index (χ3v) is 3.61. The van der Waals surface area contributed by atoms with Crippen LogP contribution in [0.15, 0.2) is 17.6 Å². The van der Waals surface area contributed by atoms with E-state index in [9.17, 15) is 4.79 Å². The summed E-state index contributed by atoms with van der Waals surface area (Å²) in [7, 11) is 0. The molecule has 0 aliphatic rings. The van der Waals surface area contributed by atoms with E-state index in [0.29, 0.717) is 30.2 Å². The SMILES string of the molecule is CCOC(=O)c1cc(NCCc2csc(C)n2)ncc1N. The molecule has 6 nitrogen and oxygen atoms in total. The normalized spacial score (nSPS) is 10.4. The first-order valence-corrected chi connectivity index (χ1v) is 7.55. The van der Waals surface area contributed by atoms with E-state index in [1.54, 1.807) is 24.3 Å². The number of nitrogens with two attached hydrogens (primary N) is 1. The largest absolute Gasteiger partial charge is 0.462 e. The van der Waals surface area contributed by atoms with Crippen LogP contribution >= 0.6 is 11.3 Å². The minimum absolute atomic E-state index is 0.312. The van der Waals surface area contributed by atoms with Crippen LogP contribution in [-0.2, 0) is 11.2 Å². The average Bonchev–Trinajstić information content (AvgIpc) is 2.86. The maximum absolute atomic E-state index is 11.7. The fourth-order valence-electron chi connectivity index (χ4n) is 1.79. The third-order valence-electron chi connectivity index (χ3n) is 2.78. The Balaban J connectivity index is 1.97. The second kappa shape index (κ2) is 7.03. The van der Waals surface area contributed by atoms with Crippen LogP contribution in [0.5, 0.6) is 0 Å². The smallest absolute Gasteiger partial charge is 0.340 e. The van der Waals surface area contributed by atoms with Gasteiger partial charge in [0.1, 0.15) is 5.82 Å². The Hall–Kier alpha value is -2.15. The maximum atomic E-state index is 11.7. The number of esters is 1. The molecular weight excluding hydrogens is 288 g/mol. The van der Waals surface area contributed by atoms with Crippen molar-refractivity contribution in [2.75, 3.05) is 24.2 Å². The lowest BCUT2D eigenvalue weighted by molar-refractivity contribution is 0.0527. The molecule has 112 valence electrons. The highest BCUT2D eigenvalue weighted by atomic mass is 32.1. The van der Waals surface area contributed by atoms with Crippen molar-refractivity contribution in [1.82, 2.24) is 9.97 Å². The first kappa shape index (κ1) is 15.2. The fraction of sp³-hybridized carbons (Fsp3) is 0.357. The van der Waals surface area contributed by atoms with E-state index in [-0.39, 0.29) is 0 Å². The van der Waals surface area contributed by atoms with Crippen molar-refractivity contribution in [3.8, 4) is 0 Å². The molecule has 0 spiro atoms. The molecule has 0 amide bonds. The van der Waals surface area contributed by atoms with Crippen molar-refractivity contribution < 1.29 is 9.53 Å². The zero-order valence-electron chi connectivity index (χ0n) is 12.0. The van der Waals surface area contributed by atoms with E-state index in [1.165, 1.54) is 6.20 Å². The Bertz CT molecular complexity index is 627. The number of carbonyl (C=O) groups excluding carboxylic acids is 1. The molecule has 0 atom stereocenters. The highest BCUT2D eigenvalue weighted by molar-refractivity contribution is 7.09. The van der Waals surface area contributed by atoms with Gasteiger partial charge in [-0.25, -0.2) is 14.8 Å². The summed E-state index contributed by atoms with van der Waals surface area (Å²) in [5.41, 5.74) is 7.44. The van der Waals surface area contributed by atoms with Crippen molar-refractivity contribution in [1.29, 1.82) is 0 Å². The summed E-state index contributed by atoms with van der Waals surface area (Å²) in [6.45, 7) is 4.73. The number of carbonyl (C=O) groups is 1. The lowest BCUT2D eigenvalue weighted by atomic mass is 10.2. The van der Waals surface area contributed by atoms with Gasteiger partial charge in [0, 0.05) is 18.3 Å². The molecule has 7 heteroatoms. The molecule has 2 heterocycles. The predicted molar refractivity (Wildman–Crippen MR) is 83.7 cm³/mol. The number of thiazole rings is 1. The molecule has 2 rings (SSSR count). The van der Waals surface area contributed by atoms with Gasteiger partial charge in [0.05, 0.1) is 34.8 Å². The highest BCUT2D eigenvalue weighted by Gasteiger charge is 2.12. The van der Waals surface area contributed by atoms with E-state index in [0.717, 1.165) is 17.1 Å². The number of nitrogens with zero attached hydrogens (tertiary/aromatic N) is 2. The zero-order valence-corrected chi connectivity index (χ0v) is 12.9. The predicted octanol–water partition coefficient (Wildman–Crippen LogP) is 2.26. The third kappa shape index (κ3) is 4.16. The van der Waals surface area contributed by atoms with Gasteiger partial charge in [0.2, 0.25) is 0 Å². The number of nitrogen functional groups attached to an aromatic ring is 1. The van der Waals surface area contributed by atoms with Crippen LogP contribution in [0, 0.1) is 6.92 Å². The number of pyridine rings is 1. The van der Waals surface area contributed by atoms with Gasteiger partial charge in [-0.1, -0.05) is 0 Å². The van der Waals surface area contributed by atoms with E-state index in [4.69, 9.17) is 10.5 Å². The van der Waals surface area contributed by atoms with Crippen LogP contribution in [0.2, 0.25) is 0 Å². The summed E-state index contributed by atoms with van der Waals surface area (Å²) in [5.74, 6) is 0.162. The van der Waals surface area contributed by atoms with Gasteiger partial charge in [0.25, 0.3) is 0 Å². The number of hydrogen-bond acceptors (Lipinski definition) is 7. The molecule has 0 saturated carbocycles. The lowest BCUT2D eigenvalue weighted by Crippen LogP contribution is -2.11. The standard InChI is InChI=1S/C14H18N4O2S/c1-3-20-14(19)11-6-13(17-7-12(11)15)16-5-4-10-8-21-9(2)18-10/h6-8H,3-5,15H2,1-2H3,(H,16,17). The first-order valence-electron chi connectivity index (χ1n) is 6.67. The van der Waals surface area contributed by atoms with Crippen LogP contribution in [0.25, 0.3) is 0 Å². The van der Waals surface area contributed by atoms with Crippen molar-refractivity contribution >= 4 is 28.8 Å². The molecule has 0 aliphatic carbocycles. The number of rotatable bonds is 6. The second-order valence-corrected chi connectivity index (χ2v) is 5.47. The summed E-state index contributed by atoms with van der Waals surface area (Å²) in [6.07, 6.45) is 2.26. The Morgan fingerprint density at radius 3 is 3.00 bits per heavy atom. The molecule has 21 heavy (non-hydrogen) atoms. The molecule has 0 aromatic carbocycles. The summed E-state index contributed by atoms with van der Waals surface area (Å²) in [4.78, 5) is 20.3. The Kier molecular flexibility index (Phi) is 5.10. The first-order chi connectivity index (χ1) is 10.1. The van der Waals surface area contributed by atoms with E-state index in [1.807, 2.05) is 12.3 Å².